The van der Waals surface area contributed by atoms with E-state index in [9.17, 15) is 13.2 Å². The number of anilines is 1. The first-order valence-corrected chi connectivity index (χ1v) is 10.6. The minimum atomic E-state index is -2.54. The number of fused-ring (bicyclic) bond motifs is 2. The molecule has 0 bridgehead atoms. The van der Waals surface area contributed by atoms with E-state index in [4.69, 9.17) is 4.74 Å². The zero-order valence-corrected chi connectivity index (χ0v) is 18.1. The molecule has 4 aromatic rings. The van der Waals surface area contributed by atoms with Gasteiger partial charge in [-0.3, -0.25) is 4.90 Å². The van der Waals surface area contributed by atoms with Crippen LogP contribution in [0, 0.1) is 0 Å². The second-order valence-corrected chi connectivity index (χ2v) is 7.95. The Labute approximate surface area is 187 Å². The lowest BCUT2D eigenvalue weighted by Crippen LogP contribution is -2.31. The molecule has 1 aliphatic rings. The summed E-state index contributed by atoms with van der Waals surface area (Å²) >= 11 is 0. The van der Waals surface area contributed by atoms with Crippen LogP contribution in [0.3, 0.4) is 0 Å². The summed E-state index contributed by atoms with van der Waals surface area (Å²) in [5.74, 6) is 0.578. The molecule has 0 aliphatic carbocycles. The van der Waals surface area contributed by atoms with Crippen LogP contribution in [0.4, 0.5) is 19.1 Å². The van der Waals surface area contributed by atoms with Crippen LogP contribution in [0.1, 0.15) is 6.92 Å². The number of halogens is 3. The molecule has 12 heteroatoms. The van der Waals surface area contributed by atoms with E-state index in [0.717, 1.165) is 17.7 Å². The van der Waals surface area contributed by atoms with Crippen LogP contribution in [0.15, 0.2) is 30.5 Å². The fourth-order valence-electron chi connectivity index (χ4n) is 4.23. The SMILES string of the molecule is CCN1C[C@@H](F)[C@@H](Nc2nc(OC)c3c(-c4ccc5nnn(CC(F)F)c5c4)ccn3n2)C1. The van der Waals surface area contributed by atoms with Gasteiger partial charge in [0.15, 0.2) is 0 Å². The van der Waals surface area contributed by atoms with Gasteiger partial charge in [0.25, 0.3) is 6.43 Å². The third-order valence-electron chi connectivity index (χ3n) is 5.89. The van der Waals surface area contributed by atoms with Gasteiger partial charge in [-0.05, 0) is 30.3 Å². The quantitative estimate of drug-likeness (QED) is 0.454. The van der Waals surface area contributed by atoms with Gasteiger partial charge in [0.05, 0.1) is 18.7 Å². The van der Waals surface area contributed by atoms with Crippen LogP contribution in [-0.2, 0) is 6.54 Å². The first kappa shape index (κ1) is 21.4. The number of benzene rings is 1. The van der Waals surface area contributed by atoms with Gasteiger partial charge >= 0.3 is 0 Å². The van der Waals surface area contributed by atoms with Gasteiger partial charge in [-0.15, -0.1) is 10.2 Å². The van der Waals surface area contributed by atoms with E-state index in [0.29, 0.717) is 35.5 Å². The molecule has 174 valence electrons. The zero-order valence-electron chi connectivity index (χ0n) is 18.1. The number of methoxy groups -OCH3 is 1. The van der Waals surface area contributed by atoms with Crippen LogP contribution in [0.5, 0.6) is 5.88 Å². The molecule has 0 radical (unpaired) electrons. The van der Waals surface area contributed by atoms with Gasteiger partial charge < -0.3 is 10.1 Å². The predicted octanol–water partition coefficient (Wildman–Crippen LogP) is 2.87. The molecule has 3 aromatic heterocycles. The maximum absolute atomic E-state index is 14.4. The number of hydrogen-bond acceptors (Lipinski definition) is 7. The van der Waals surface area contributed by atoms with Crippen molar-refractivity contribution in [2.45, 2.75) is 32.1 Å². The normalized spacial score (nSPS) is 19.2. The minimum absolute atomic E-state index is 0.266. The molecule has 1 N–H and O–H groups in total. The first-order valence-electron chi connectivity index (χ1n) is 10.6. The third kappa shape index (κ3) is 3.94. The Kier molecular flexibility index (Phi) is 5.52. The Morgan fingerprint density at radius 3 is 2.82 bits per heavy atom. The first-order chi connectivity index (χ1) is 16.0. The predicted molar refractivity (Wildman–Crippen MR) is 116 cm³/mol. The molecule has 1 aliphatic heterocycles. The van der Waals surface area contributed by atoms with Crippen molar-refractivity contribution < 1.29 is 17.9 Å². The molecule has 9 nitrogen and oxygen atoms in total. The number of aromatic nitrogens is 6. The lowest BCUT2D eigenvalue weighted by molar-refractivity contribution is 0.122. The van der Waals surface area contributed by atoms with Crippen molar-refractivity contribution in [1.82, 2.24) is 34.5 Å². The molecule has 0 unspecified atom stereocenters. The zero-order chi connectivity index (χ0) is 23.1. The molecule has 0 amide bonds. The van der Waals surface area contributed by atoms with E-state index in [-0.39, 0.29) is 5.95 Å². The second-order valence-electron chi connectivity index (χ2n) is 7.95. The highest BCUT2D eigenvalue weighted by Gasteiger charge is 2.32. The maximum Gasteiger partial charge on any atom is 0.258 e. The number of hydrogen-bond donors (Lipinski definition) is 1. The van der Waals surface area contributed by atoms with Gasteiger partial charge in [0.2, 0.25) is 11.8 Å². The molecule has 33 heavy (non-hydrogen) atoms. The highest BCUT2D eigenvalue weighted by Crippen LogP contribution is 2.33. The molecule has 1 saturated heterocycles. The number of rotatable bonds is 7. The van der Waals surface area contributed by atoms with Crippen molar-refractivity contribution in [3.63, 3.8) is 0 Å². The average molecular weight is 460 g/mol. The largest absolute Gasteiger partial charge is 0.479 e. The number of ether oxygens (including phenoxy) is 1. The second kappa shape index (κ2) is 8.50. The van der Waals surface area contributed by atoms with E-state index >= 15 is 0 Å². The van der Waals surface area contributed by atoms with E-state index in [2.05, 4.69) is 25.7 Å². The van der Waals surface area contributed by atoms with E-state index in [1.165, 1.54) is 11.8 Å². The van der Waals surface area contributed by atoms with Crippen LogP contribution in [-0.4, -0.2) is 79.9 Å². The van der Waals surface area contributed by atoms with Crippen LogP contribution in [0.25, 0.3) is 27.7 Å². The molecular weight excluding hydrogens is 437 g/mol. The smallest absolute Gasteiger partial charge is 0.258 e. The topological polar surface area (TPSA) is 85.4 Å². The Balaban J connectivity index is 1.51. The summed E-state index contributed by atoms with van der Waals surface area (Å²) in [5, 5.41) is 15.3. The molecule has 0 spiro atoms. The van der Waals surface area contributed by atoms with E-state index in [1.54, 1.807) is 22.8 Å². The molecule has 1 fully saturated rings. The molecule has 0 saturated carbocycles. The summed E-state index contributed by atoms with van der Waals surface area (Å²) in [6.45, 7) is 3.18. The molecule has 1 aromatic carbocycles. The van der Waals surface area contributed by atoms with E-state index < -0.39 is 25.2 Å². The number of likely N-dealkylation sites (tertiary alicyclic amines) is 1. The number of nitrogens with zero attached hydrogens (tertiary/aromatic N) is 7. The fraction of sp³-hybridized carbons (Fsp3) is 0.429. The molecular formula is C21H23F3N8O. The lowest BCUT2D eigenvalue weighted by Gasteiger charge is -2.16. The molecule has 2 atom stereocenters. The van der Waals surface area contributed by atoms with E-state index in [1.807, 2.05) is 24.0 Å². The minimum Gasteiger partial charge on any atom is -0.479 e. The van der Waals surface area contributed by atoms with Gasteiger partial charge in [-0.25, -0.2) is 22.4 Å². The van der Waals surface area contributed by atoms with Crippen molar-refractivity contribution in [3.05, 3.63) is 30.5 Å². The maximum atomic E-state index is 14.4. The highest BCUT2D eigenvalue weighted by atomic mass is 19.3. The fourth-order valence-corrected chi connectivity index (χ4v) is 4.23. The summed E-state index contributed by atoms with van der Waals surface area (Å²) in [6.07, 6.45) is -1.81. The Morgan fingerprint density at radius 2 is 2.09 bits per heavy atom. The summed E-state index contributed by atoms with van der Waals surface area (Å²) in [5.41, 5.74) is 3.14. The summed E-state index contributed by atoms with van der Waals surface area (Å²) in [4.78, 5) is 6.48. The highest BCUT2D eigenvalue weighted by molar-refractivity contribution is 5.89. The van der Waals surface area contributed by atoms with Gasteiger partial charge in [0.1, 0.15) is 23.7 Å². The number of alkyl halides is 3. The third-order valence-corrected chi connectivity index (χ3v) is 5.89. The van der Waals surface area contributed by atoms with Crippen molar-refractivity contribution in [2.24, 2.45) is 0 Å². The van der Waals surface area contributed by atoms with Crippen molar-refractivity contribution >= 4 is 22.5 Å². The number of likely N-dealkylation sites (N-methyl/N-ethyl adjacent to an activating group) is 1. The van der Waals surface area contributed by atoms with Crippen molar-refractivity contribution in [2.75, 3.05) is 32.1 Å². The Morgan fingerprint density at radius 1 is 1.24 bits per heavy atom. The lowest BCUT2D eigenvalue weighted by atomic mass is 10.1. The van der Waals surface area contributed by atoms with Crippen LogP contribution in [0.2, 0.25) is 0 Å². The van der Waals surface area contributed by atoms with Crippen LogP contribution >= 0.6 is 0 Å². The summed E-state index contributed by atoms with van der Waals surface area (Å²) < 4.78 is 48.5. The van der Waals surface area contributed by atoms with Gasteiger partial charge in [-0.2, -0.15) is 4.98 Å². The van der Waals surface area contributed by atoms with Gasteiger partial charge in [0, 0.05) is 24.8 Å². The van der Waals surface area contributed by atoms with Crippen molar-refractivity contribution in [1.29, 1.82) is 0 Å². The average Bonchev–Trinajstić information content (AvgIpc) is 3.50. The molecule has 4 heterocycles. The standard InChI is InChI=1S/C21H23F3N8O/c1-3-30-9-14(22)16(10-30)25-21-26-20(33-2)19-13(6-7-31(19)28-21)12-4-5-15-17(8-12)32(29-27-15)11-18(23)24/h4-8,14,16,18H,3,9-11H2,1-2H3,(H,25,28)/t14-,16+/m1/s1. The van der Waals surface area contributed by atoms with Crippen molar-refractivity contribution in [3.8, 4) is 17.0 Å². The summed E-state index contributed by atoms with van der Waals surface area (Å²) in [6, 6.07) is 6.74. The van der Waals surface area contributed by atoms with Gasteiger partial charge in [-0.1, -0.05) is 18.2 Å². The monoisotopic (exact) mass is 460 g/mol. The Hall–Kier alpha value is -3.41. The molecule has 5 rings (SSSR count). The summed E-state index contributed by atoms with van der Waals surface area (Å²) in [7, 11) is 1.50. The van der Waals surface area contributed by atoms with Crippen LogP contribution < -0.4 is 10.1 Å². The Bertz CT molecular complexity index is 1290. The number of nitrogens with one attached hydrogen (secondary N) is 1.